The molecule has 0 aliphatic carbocycles. The number of rotatable bonds is 4. The predicted octanol–water partition coefficient (Wildman–Crippen LogP) is -0.00600. The standard InChI is InChI=1S/C14H15N5O2/c20-13(16-5-3-10-2-1-4-15-8-10)11-12-14(21)17-6-7-19(12)9-18-11/h1-2,4,8-9H,3,5-7H2,(H,16,20)(H,17,21). The van der Waals surface area contributed by atoms with E-state index in [4.69, 9.17) is 0 Å². The van der Waals surface area contributed by atoms with E-state index in [-0.39, 0.29) is 17.5 Å². The molecule has 0 fully saturated rings. The van der Waals surface area contributed by atoms with Gasteiger partial charge in [-0.05, 0) is 18.1 Å². The van der Waals surface area contributed by atoms with Gasteiger partial charge in [0, 0.05) is 32.0 Å². The van der Waals surface area contributed by atoms with Gasteiger partial charge in [-0.1, -0.05) is 6.07 Å². The van der Waals surface area contributed by atoms with Gasteiger partial charge in [0.25, 0.3) is 11.8 Å². The second kappa shape index (κ2) is 5.74. The Kier molecular flexibility index (Phi) is 3.63. The third-order valence-electron chi connectivity index (χ3n) is 3.33. The van der Waals surface area contributed by atoms with Crippen molar-refractivity contribution in [3.05, 3.63) is 47.8 Å². The highest BCUT2D eigenvalue weighted by atomic mass is 16.2. The number of hydrogen-bond acceptors (Lipinski definition) is 4. The predicted molar refractivity (Wildman–Crippen MR) is 74.8 cm³/mol. The molecule has 1 aliphatic rings. The van der Waals surface area contributed by atoms with Crippen molar-refractivity contribution in [2.24, 2.45) is 0 Å². The summed E-state index contributed by atoms with van der Waals surface area (Å²) >= 11 is 0. The highest BCUT2D eigenvalue weighted by Crippen LogP contribution is 2.10. The van der Waals surface area contributed by atoms with Gasteiger partial charge in [0.2, 0.25) is 0 Å². The minimum Gasteiger partial charge on any atom is -0.350 e. The summed E-state index contributed by atoms with van der Waals surface area (Å²) in [5.74, 6) is -0.583. The Morgan fingerprint density at radius 1 is 1.48 bits per heavy atom. The summed E-state index contributed by atoms with van der Waals surface area (Å²) in [5, 5.41) is 5.50. The number of carbonyl (C=O) groups excluding carboxylic acids is 2. The van der Waals surface area contributed by atoms with Crippen LogP contribution in [0.25, 0.3) is 0 Å². The number of pyridine rings is 1. The third kappa shape index (κ3) is 2.76. The molecule has 3 rings (SSSR count). The van der Waals surface area contributed by atoms with Crippen LogP contribution in [0.2, 0.25) is 0 Å². The zero-order chi connectivity index (χ0) is 14.7. The summed E-state index contributed by atoms with van der Waals surface area (Å²) in [6.07, 6.45) is 5.68. The Labute approximate surface area is 121 Å². The fourth-order valence-corrected chi connectivity index (χ4v) is 2.28. The zero-order valence-corrected chi connectivity index (χ0v) is 11.4. The maximum absolute atomic E-state index is 12.1. The van der Waals surface area contributed by atoms with E-state index in [0.717, 1.165) is 5.56 Å². The van der Waals surface area contributed by atoms with Gasteiger partial charge in [-0.15, -0.1) is 0 Å². The molecule has 7 nitrogen and oxygen atoms in total. The van der Waals surface area contributed by atoms with Crippen LogP contribution in [0.4, 0.5) is 0 Å². The largest absolute Gasteiger partial charge is 0.350 e. The lowest BCUT2D eigenvalue weighted by atomic mass is 10.2. The lowest BCUT2D eigenvalue weighted by Gasteiger charge is -2.15. The molecule has 21 heavy (non-hydrogen) atoms. The summed E-state index contributed by atoms with van der Waals surface area (Å²) < 4.78 is 1.70. The summed E-state index contributed by atoms with van der Waals surface area (Å²) in [4.78, 5) is 32.0. The first-order chi connectivity index (χ1) is 10.3. The van der Waals surface area contributed by atoms with Crippen LogP contribution in [-0.2, 0) is 13.0 Å². The quantitative estimate of drug-likeness (QED) is 0.827. The minimum atomic E-state index is -0.329. The maximum Gasteiger partial charge on any atom is 0.272 e. The van der Waals surface area contributed by atoms with Crippen molar-refractivity contribution < 1.29 is 9.59 Å². The molecule has 0 atom stereocenters. The number of carbonyl (C=O) groups is 2. The molecule has 0 saturated heterocycles. The first-order valence-electron chi connectivity index (χ1n) is 6.76. The van der Waals surface area contributed by atoms with Crippen molar-refractivity contribution in [3.63, 3.8) is 0 Å². The number of amides is 2. The molecule has 2 amide bonds. The normalized spacial score (nSPS) is 13.4. The number of nitrogens with zero attached hydrogens (tertiary/aromatic N) is 3. The van der Waals surface area contributed by atoms with Crippen LogP contribution in [0.5, 0.6) is 0 Å². The fraction of sp³-hybridized carbons (Fsp3) is 0.286. The van der Waals surface area contributed by atoms with Crippen molar-refractivity contribution in [3.8, 4) is 0 Å². The molecule has 2 aromatic heterocycles. The number of fused-ring (bicyclic) bond motifs is 1. The van der Waals surface area contributed by atoms with Crippen LogP contribution in [0.1, 0.15) is 26.5 Å². The molecule has 0 spiro atoms. The van der Waals surface area contributed by atoms with Crippen LogP contribution in [-0.4, -0.2) is 39.4 Å². The number of imidazole rings is 1. The molecule has 3 heterocycles. The van der Waals surface area contributed by atoms with Crippen LogP contribution in [0, 0.1) is 0 Å². The Balaban J connectivity index is 1.64. The van der Waals surface area contributed by atoms with Crippen molar-refractivity contribution in [2.45, 2.75) is 13.0 Å². The first-order valence-corrected chi connectivity index (χ1v) is 6.76. The Bertz CT molecular complexity index is 665. The van der Waals surface area contributed by atoms with Gasteiger partial charge < -0.3 is 15.2 Å². The second-order valence-electron chi connectivity index (χ2n) is 4.76. The molecule has 0 saturated carbocycles. The van der Waals surface area contributed by atoms with Gasteiger partial charge in [-0.2, -0.15) is 0 Å². The average molecular weight is 285 g/mol. The summed E-state index contributed by atoms with van der Waals surface area (Å²) in [6.45, 7) is 1.67. The molecule has 108 valence electrons. The summed E-state index contributed by atoms with van der Waals surface area (Å²) in [5.41, 5.74) is 1.56. The first kappa shape index (κ1) is 13.3. The van der Waals surface area contributed by atoms with Gasteiger partial charge in [-0.3, -0.25) is 14.6 Å². The molecular formula is C14H15N5O2. The second-order valence-corrected chi connectivity index (χ2v) is 4.76. The molecular weight excluding hydrogens is 270 g/mol. The molecule has 2 aromatic rings. The smallest absolute Gasteiger partial charge is 0.272 e. The van der Waals surface area contributed by atoms with Crippen molar-refractivity contribution >= 4 is 11.8 Å². The van der Waals surface area contributed by atoms with E-state index in [0.29, 0.717) is 31.7 Å². The van der Waals surface area contributed by atoms with Gasteiger partial charge in [0.1, 0.15) is 5.69 Å². The van der Waals surface area contributed by atoms with Gasteiger partial charge >= 0.3 is 0 Å². The topological polar surface area (TPSA) is 88.9 Å². The summed E-state index contributed by atoms with van der Waals surface area (Å²) in [6, 6.07) is 3.80. The van der Waals surface area contributed by atoms with Crippen LogP contribution in [0.3, 0.4) is 0 Å². The monoisotopic (exact) mass is 285 g/mol. The zero-order valence-electron chi connectivity index (χ0n) is 11.4. The summed E-state index contributed by atoms with van der Waals surface area (Å²) in [7, 11) is 0. The van der Waals surface area contributed by atoms with Crippen LogP contribution in [0.15, 0.2) is 30.9 Å². The molecule has 1 aliphatic heterocycles. The van der Waals surface area contributed by atoms with Gasteiger partial charge in [0.15, 0.2) is 5.69 Å². The third-order valence-corrected chi connectivity index (χ3v) is 3.33. The molecule has 2 N–H and O–H groups in total. The molecule has 0 unspecified atom stereocenters. The maximum atomic E-state index is 12.1. The molecule has 0 radical (unpaired) electrons. The minimum absolute atomic E-state index is 0.179. The van der Waals surface area contributed by atoms with E-state index in [1.165, 1.54) is 6.33 Å². The lowest BCUT2D eigenvalue weighted by Crippen LogP contribution is -2.37. The van der Waals surface area contributed by atoms with Crippen molar-refractivity contribution in [1.29, 1.82) is 0 Å². The number of aromatic nitrogens is 3. The van der Waals surface area contributed by atoms with Crippen molar-refractivity contribution in [2.75, 3.05) is 13.1 Å². The Morgan fingerprint density at radius 3 is 3.19 bits per heavy atom. The van der Waals surface area contributed by atoms with Crippen LogP contribution >= 0.6 is 0 Å². The SMILES string of the molecule is O=C(NCCc1cccnc1)c1ncn2c1C(=O)NCC2. The number of hydrogen-bond donors (Lipinski definition) is 2. The van der Waals surface area contributed by atoms with Crippen LogP contribution < -0.4 is 10.6 Å². The Hall–Kier alpha value is -2.70. The van der Waals surface area contributed by atoms with Gasteiger partial charge in [-0.25, -0.2) is 4.98 Å². The Morgan fingerprint density at radius 2 is 2.38 bits per heavy atom. The van der Waals surface area contributed by atoms with E-state index in [9.17, 15) is 9.59 Å². The molecule has 0 bridgehead atoms. The molecule has 7 heteroatoms. The van der Waals surface area contributed by atoms with E-state index in [1.807, 2.05) is 12.1 Å². The fourth-order valence-electron chi connectivity index (χ4n) is 2.28. The molecule has 0 aromatic carbocycles. The van der Waals surface area contributed by atoms with E-state index >= 15 is 0 Å². The van der Waals surface area contributed by atoms with E-state index < -0.39 is 0 Å². The highest BCUT2D eigenvalue weighted by molar-refractivity contribution is 6.05. The number of nitrogens with one attached hydrogen (secondary N) is 2. The lowest BCUT2D eigenvalue weighted by molar-refractivity contribution is 0.0900. The average Bonchev–Trinajstić information content (AvgIpc) is 2.94. The highest BCUT2D eigenvalue weighted by Gasteiger charge is 2.25. The van der Waals surface area contributed by atoms with Crippen molar-refractivity contribution in [1.82, 2.24) is 25.2 Å². The van der Waals surface area contributed by atoms with E-state index in [1.54, 1.807) is 17.0 Å². The van der Waals surface area contributed by atoms with E-state index in [2.05, 4.69) is 20.6 Å². The van der Waals surface area contributed by atoms with Gasteiger partial charge in [0.05, 0.1) is 6.33 Å².